The van der Waals surface area contributed by atoms with Gasteiger partial charge in [-0.25, -0.2) is 4.79 Å². The summed E-state index contributed by atoms with van der Waals surface area (Å²) < 4.78 is 0. The maximum absolute atomic E-state index is 13.9. The lowest BCUT2D eigenvalue weighted by Crippen LogP contribution is -2.66. The highest BCUT2D eigenvalue weighted by Crippen LogP contribution is 2.30. The van der Waals surface area contributed by atoms with Crippen LogP contribution in [-0.2, 0) is 29.1 Å². The monoisotopic (exact) mass is 539 g/mol. The van der Waals surface area contributed by atoms with Gasteiger partial charge in [0.05, 0.1) is 13.1 Å². The van der Waals surface area contributed by atoms with E-state index in [1.54, 1.807) is 9.91 Å². The second kappa shape index (κ2) is 12.3. The first kappa shape index (κ1) is 27.4. The lowest BCUT2D eigenvalue weighted by Gasteiger charge is -2.46. The molecule has 8 nitrogen and oxygen atoms in total. The molecule has 0 aromatic heterocycles. The van der Waals surface area contributed by atoms with E-state index >= 15 is 0 Å². The van der Waals surface area contributed by atoms with Crippen molar-refractivity contribution >= 4 is 17.8 Å². The first-order chi connectivity index (χ1) is 19.4. The van der Waals surface area contributed by atoms with E-state index in [1.165, 1.54) is 0 Å². The number of nitrogens with zero attached hydrogens (tertiary/aromatic N) is 4. The molecule has 2 aliphatic rings. The number of rotatable bonds is 9. The third kappa shape index (κ3) is 6.02. The van der Waals surface area contributed by atoms with Crippen molar-refractivity contribution in [3.63, 3.8) is 0 Å². The number of hydrazine groups is 1. The maximum Gasteiger partial charge on any atom is 0.332 e. The zero-order valence-corrected chi connectivity index (χ0v) is 23.2. The van der Waals surface area contributed by atoms with E-state index in [0.717, 1.165) is 28.7 Å². The van der Waals surface area contributed by atoms with Crippen molar-refractivity contribution in [3.8, 4) is 0 Å². The molecular formula is C32H37N5O3. The molecule has 2 saturated heterocycles. The highest BCUT2D eigenvalue weighted by atomic mass is 16.2. The van der Waals surface area contributed by atoms with Crippen LogP contribution in [0.3, 0.4) is 0 Å². The largest absolute Gasteiger partial charge is 0.333 e. The Hall–Kier alpha value is -4.17. The predicted molar refractivity (Wildman–Crippen MR) is 154 cm³/mol. The van der Waals surface area contributed by atoms with Crippen molar-refractivity contribution in [2.45, 2.75) is 52.0 Å². The second-order valence-electron chi connectivity index (χ2n) is 10.6. The van der Waals surface area contributed by atoms with Gasteiger partial charge in [-0.05, 0) is 30.0 Å². The minimum atomic E-state index is -0.639. The number of carbonyl (C=O) groups excluding carboxylic acids is 3. The second-order valence-corrected chi connectivity index (χ2v) is 10.6. The van der Waals surface area contributed by atoms with Crippen LogP contribution in [0.25, 0.3) is 0 Å². The van der Waals surface area contributed by atoms with E-state index in [0.29, 0.717) is 32.6 Å². The molecule has 8 heteroatoms. The van der Waals surface area contributed by atoms with Gasteiger partial charge in [0.25, 0.3) is 0 Å². The molecule has 0 aliphatic carbocycles. The Morgan fingerprint density at radius 2 is 1.55 bits per heavy atom. The summed E-state index contributed by atoms with van der Waals surface area (Å²) in [5.74, 6) is -0.197. The number of carbonyl (C=O) groups is 3. The van der Waals surface area contributed by atoms with Crippen LogP contribution in [0.4, 0.5) is 4.79 Å². The Bertz CT molecular complexity index is 1320. The van der Waals surface area contributed by atoms with E-state index < -0.39 is 12.2 Å². The molecule has 3 aromatic carbocycles. The fourth-order valence-corrected chi connectivity index (χ4v) is 5.56. The lowest BCUT2D eigenvalue weighted by molar-refractivity contribution is -0.157. The van der Waals surface area contributed by atoms with E-state index in [4.69, 9.17) is 0 Å². The number of urea groups is 1. The van der Waals surface area contributed by atoms with Crippen molar-refractivity contribution in [3.05, 3.63) is 107 Å². The van der Waals surface area contributed by atoms with E-state index in [9.17, 15) is 14.4 Å². The van der Waals surface area contributed by atoms with Crippen molar-refractivity contribution < 1.29 is 14.4 Å². The molecule has 0 radical (unpaired) electrons. The molecule has 2 fully saturated rings. The zero-order valence-electron chi connectivity index (χ0n) is 23.2. The van der Waals surface area contributed by atoms with E-state index in [2.05, 4.69) is 5.32 Å². The zero-order chi connectivity index (χ0) is 28.1. The van der Waals surface area contributed by atoms with Gasteiger partial charge in [-0.2, -0.15) is 5.01 Å². The van der Waals surface area contributed by atoms with Gasteiger partial charge in [-0.15, -0.1) is 0 Å². The van der Waals surface area contributed by atoms with Crippen molar-refractivity contribution in [2.24, 2.45) is 0 Å². The summed E-state index contributed by atoms with van der Waals surface area (Å²) in [6.07, 6.45) is 0.724. The van der Waals surface area contributed by atoms with Gasteiger partial charge in [-0.1, -0.05) is 97.4 Å². The summed E-state index contributed by atoms with van der Waals surface area (Å²) in [5, 5.41) is 6.54. The molecule has 0 bridgehead atoms. The molecule has 5 rings (SSSR count). The number of hydrogen-bond acceptors (Lipinski definition) is 4. The van der Waals surface area contributed by atoms with Gasteiger partial charge in [0.15, 0.2) is 0 Å². The number of nitrogens with one attached hydrogen (secondary N) is 1. The summed E-state index contributed by atoms with van der Waals surface area (Å²) in [6, 6.07) is 26.9. The van der Waals surface area contributed by atoms with Crippen LogP contribution < -0.4 is 5.32 Å². The van der Waals surface area contributed by atoms with Gasteiger partial charge in [0, 0.05) is 26.1 Å². The Labute approximate surface area is 236 Å². The standard InChI is InChI=1S/C32H37N5O3/c1-3-18-35(32(40)33-20-26-12-8-5-9-13-26)36-23-30(38)37-28(19-25-10-6-4-7-11-25)31(39)34(22-29(36)37)21-27-16-14-24(2)15-17-27/h4-17,28-29H,3,18-23H2,1-2H3,(H,33,40)/t28-,29+/m0/s1. The molecular weight excluding hydrogens is 502 g/mol. The minimum absolute atomic E-state index is 0.0559. The Kier molecular flexibility index (Phi) is 8.45. The molecule has 2 atom stereocenters. The molecule has 0 unspecified atom stereocenters. The number of piperazine rings is 1. The van der Waals surface area contributed by atoms with Crippen molar-refractivity contribution in [1.82, 2.24) is 25.1 Å². The summed E-state index contributed by atoms with van der Waals surface area (Å²) in [6.45, 7) is 5.75. The van der Waals surface area contributed by atoms with E-state index in [1.807, 2.05) is 109 Å². The van der Waals surface area contributed by atoms with Gasteiger partial charge in [0.2, 0.25) is 11.8 Å². The number of aryl methyl sites for hydroxylation is 1. The third-order valence-electron chi connectivity index (χ3n) is 7.60. The van der Waals surface area contributed by atoms with Gasteiger partial charge >= 0.3 is 6.03 Å². The molecule has 0 saturated carbocycles. The Morgan fingerprint density at radius 3 is 2.20 bits per heavy atom. The van der Waals surface area contributed by atoms with E-state index in [-0.39, 0.29) is 24.4 Å². The molecule has 1 N–H and O–H groups in total. The first-order valence-corrected chi connectivity index (χ1v) is 14.0. The molecule has 208 valence electrons. The van der Waals surface area contributed by atoms with Crippen molar-refractivity contribution in [1.29, 1.82) is 0 Å². The SMILES string of the molecule is CCCN(C(=O)NCc1ccccc1)N1CC(=O)N2[C@@H](Cc3ccccc3)C(=O)N(Cc3ccc(C)cc3)C[C@@H]21. The summed E-state index contributed by atoms with van der Waals surface area (Å²) in [4.78, 5) is 44.5. The molecule has 40 heavy (non-hydrogen) atoms. The van der Waals surface area contributed by atoms with Gasteiger partial charge < -0.3 is 15.1 Å². The molecule has 3 aromatic rings. The Balaban J connectivity index is 1.42. The normalized spacial score (nSPS) is 19.1. The quantitative estimate of drug-likeness (QED) is 0.447. The fourth-order valence-electron chi connectivity index (χ4n) is 5.56. The van der Waals surface area contributed by atoms with Crippen LogP contribution in [0.15, 0.2) is 84.9 Å². The van der Waals surface area contributed by atoms with Crippen molar-refractivity contribution in [2.75, 3.05) is 19.6 Å². The average Bonchev–Trinajstić information content (AvgIpc) is 3.30. The highest BCUT2D eigenvalue weighted by molar-refractivity contribution is 5.91. The predicted octanol–water partition coefficient (Wildman–Crippen LogP) is 3.96. The molecule has 0 spiro atoms. The van der Waals surface area contributed by atoms with Gasteiger partial charge in [-0.3, -0.25) is 14.6 Å². The smallest absolute Gasteiger partial charge is 0.332 e. The van der Waals surface area contributed by atoms with Crippen LogP contribution in [0.5, 0.6) is 0 Å². The molecule has 4 amide bonds. The molecule has 2 aliphatic heterocycles. The number of fused-ring (bicyclic) bond motifs is 1. The summed E-state index contributed by atoms with van der Waals surface area (Å²) >= 11 is 0. The van der Waals surface area contributed by atoms with Crippen LogP contribution >= 0.6 is 0 Å². The number of amides is 4. The fraction of sp³-hybridized carbons (Fsp3) is 0.344. The minimum Gasteiger partial charge on any atom is -0.333 e. The molecule has 2 heterocycles. The first-order valence-electron chi connectivity index (χ1n) is 14.0. The van der Waals surface area contributed by atoms with Crippen LogP contribution in [0, 0.1) is 6.92 Å². The highest BCUT2D eigenvalue weighted by Gasteiger charge is 2.52. The summed E-state index contributed by atoms with van der Waals surface area (Å²) in [5.41, 5.74) is 4.19. The van der Waals surface area contributed by atoms with Gasteiger partial charge in [0.1, 0.15) is 12.2 Å². The third-order valence-corrected chi connectivity index (χ3v) is 7.60. The number of hydrogen-bond donors (Lipinski definition) is 1. The average molecular weight is 540 g/mol. The topological polar surface area (TPSA) is 76.2 Å². The van der Waals surface area contributed by atoms with Crippen LogP contribution in [0.2, 0.25) is 0 Å². The van der Waals surface area contributed by atoms with Crippen LogP contribution in [0.1, 0.15) is 35.6 Å². The lowest BCUT2D eigenvalue weighted by atomic mass is 10.00. The number of benzene rings is 3. The summed E-state index contributed by atoms with van der Waals surface area (Å²) in [7, 11) is 0. The van der Waals surface area contributed by atoms with Crippen LogP contribution in [-0.4, -0.2) is 69.5 Å². The maximum atomic E-state index is 13.9. The Morgan fingerprint density at radius 1 is 0.900 bits per heavy atom.